The van der Waals surface area contributed by atoms with Gasteiger partial charge in [0.25, 0.3) is 0 Å². The molecule has 1 amide bonds. The molecule has 6 nitrogen and oxygen atoms in total. The largest absolute Gasteiger partial charge is 0.481 e. The molecule has 2 N–H and O–H groups in total. The van der Waals surface area contributed by atoms with E-state index in [0.717, 1.165) is 5.56 Å². The van der Waals surface area contributed by atoms with Gasteiger partial charge in [0.15, 0.2) is 0 Å². The van der Waals surface area contributed by atoms with Crippen LogP contribution in [0.4, 0.5) is 5.69 Å². The zero-order chi connectivity index (χ0) is 16.1. The predicted octanol–water partition coefficient (Wildman–Crippen LogP) is 2.43. The Morgan fingerprint density at radius 1 is 1.32 bits per heavy atom. The van der Waals surface area contributed by atoms with Crippen molar-refractivity contribution in [2.75, 3.05) is 5.32 Å². The van der Waals surface area contributed by atoms with Crippen LogP contribution in [-0.2, 0) is 22.4 Å². The number of nitrogens with one attached hydrogen (secondary N) is 1. The Balaban J connectivity index is 1.90. The van der Waals surface area contributed by atoms with Crippen LogP contribution in [0.3, 0.4) is 0 Å². The maximum absolute atomic E-state index is 11.9. The fraction of sp³-hybridized carbons (Fsp3) is 0.312. The van der Waals surface area contributed by atoms with Gasteiger partial charge in [-0.1, -0.05) is 24.2 Å². The van der Waals surface area contributed by atoms with Gasteiger partial charge in [-0.3, -0.25) is 9.59 Å². The molecule has 0 radical (unpaired) electrons. The Kier molecular flexibility index (Phi) is 4.93. The van der Waals surface area contributed by atoms with Crippen LogP contribution in [-0.4, -0.2) is 22.1 Å². The minimum absolute atomic E-state index is 0.148. The number of aromatic nitrogens is 1. The number of nitrogens with zero attached hydrogens (tertiary/aromatic N) is 1. The second-order valence-corrected chi connectivity index (χ2v) is 5.29. The topological polar surface area (TPSA) is 92.4 Å². The summed E-state index contributed by atoms with van der Waals surface area (Å²) in [7, 11) is 0. The SMILES string of the molecule is Cc1cc(CC(=O)Nc2ccc(C[C@H](C)C(=O)O)cc2)no1. The third kappa shape index (κ3) is 4.44. The van der Waals surface area contributed by atoms with Crippen LogP contribution in [0.5, 0.6) is 0 Å². The van der Waals surface area contributed by atoms with E-state index in [1.165, 1.54) is 0 Å². The standard InChI is InChI=1S/C16H18N2O4/c1-10(16(20)21)7-12-3-5-13(6-4-12)17-15(19)9-14-8-11(2)22-18-14/h3-6,8,10H,7,9H2,1-2H3,(H,17,19)(H,20,21)/t10-/m0/s1. The molecule has 116 valence electrons. The summed E-state index contributed by atoms with van der Waals surface area (Å²) in [6, 6.07) is 8.87. The van der Waals surface area contributed by atoms with Gasteiger partial charge in [-0.25, -0.2) is 0 Å². The van der Waals surface area contributed by atoms with Crippen molar-refractivity contribution in [3.63, 3.8) is 0 Å². The Hall–Kier alpha value is -2.63. The van der Waals surface area contributed by atoms with Crippen molar-refractivity contribution in [2.45, 2.75) is 26.7 Å². The number of hydrogen-bond donors (Lipinski definition) is 2. The smallest absolute Gasteiger partial charge is 0.306 e. The molecule has 6 heteroatoms. The highest BCUT2D eigenvalue weighted by Crippen LogP contribution is 2.14. The minimum atomic E-state index is -0.819. The molecule has 0 aliphatic rings. The molecular formula is C16H18N2O4. The zero-order valence-electron chi connectivity index (χ0n) is 12.5. The predicted molar refractivity (Wildman–Crippen MR) is 80.5 cm³/mol. The van der Waals surface area contributed by atoms with Crippen LogP contribution >= 0.6 is 0 Å². The summed E-state index contributed by atoms with van der Waals surface area (Å²) >= 11 is 0. The molecule has 0 aliphatic carbocycles. The van der Waals surface area contributed by atoms with Crippen molar-refractivity contribution < 1.29 is 19.2 Å². The number of anilines is 1. The number of carboxylic acid groups (broad SMARTS) is 1. The second-order valence-electron chi connectivity index (χ2n) is 5.29. The third-order valence-electron chi connectivity index (χ3n) is 3.22. The van der Waals surface area contributed by atoms with Crippen LogP contribution in [0.25, 0.3) is 0 Å². The van der Waals surface area contributed by atoms with E-state index in [1.54, 1.807) is 32.0 Å². The summed E-state index contributed by atoms with van der Waals surface area (Å²) in [5, 5.41) is 15.4. The van der Waals surface area contributed by atoms with Gasteiger partial charge in [0.05, 0.1) is 18.0 Å². The number of aryl methyl sites for hydroxylation is 1. The lowest BCUT2D eigenvalue weighted by Gasteiger charge is -2.08. The van der Waals surface area contributed by atoms with Crippen molar-refractivity contribution in [1.82, 2.24) is 5.16 Å². The Labute approximate surface area is 128 Å². The van der Waals surface area contributed by atoms with Gasteiger partial charge >= 0.3 is 5.97 Å². The summed E-state index contributed by atoms with van der Waals surface area (Å²) in [6.07, 6.45) is 0.608. The van der Waals surface area contributed by atoms with Gasteiger partial charge in [0.1, 0.15) is 5.76 Å². The highest BCUT2D eigenvalue weighted by atomic mass is 16.5. The van der Waals surface area contributed by atoms with Crippen molar-refractivity contribution >= 4 is 17.6 Å². The maximum atomic E-state index is 11.9. The quantitative estimate of drug-likeness (QED) is 0.855. The van der Waals surface area contributed by atoms with Gasteiger partial charge in [-0.15, -0.1) is 0 Å². The van der Waals surface area contributed by atoms with Crippen molar-refractivity contribution in [2.24, 2.45) is 5.92 Å². The molecule has 0 saturated carbocycles. The van der Waals surface area contributed by atoms with E-state index in [9.17, 15) is 9.59 Å². The molecule has 0 bridgehead atoms. The van der Waals surface area contributed by atoms with Gasteiger partial charge in [-0.05, 0) is 31.0 Å². The van der Waals surface area contributed by atoms with Crippen molar-refractivity contribution in [3.8, 4) is 0 Å². The van der Waals surface area contributed by atoms with E-state index in [4.69, 9.17) is 9.63 Å². The first-order valence-electron chi connectivity index (χ1n) is 6.98. The fourth-order valence-electron chi connectivity index (χ4n) is 2.04. The summed E-state index contributed by atoms with van der Waals surface area (Å²) in [5.41, 5.74) is 2.17. The van der Waals surface area contributed by atoms with Crippen LogP contribution in [0, 0.1) is 12.8 Å². The molecule has 0 spiro atoms. The highest BCUT2D eigenvalue weighted by Gasteiger charge is 2.12. The first-order valence-corrected chi connectivity index (χ1v) is 6.98. The molecule has 1 aromatic carbocycles. The Morgan fingerprint density at radius 3 is 2.55 bits per heavy atom. The van der Waals surface area contributed by atoms with E-state index < -0.39 is 11.9 Å². The molecule has 0 fully saturated rings. The van der Waals surface area contributed by atoms with Crippen LogP contribution in [0.15, 0.2) is 34.9 Å². The molecule has 1 heterocycles. The summed E-state index contributed by atoms with van der Waals surface area (Å²) in [4.78, 5) is 22.7. The molecule has 0 saturated heterocycles. The normalized spacial score (nSPS) is 11.9. The van der Waals surface area contributed by atoms with E-state index in [2.05, 4.69) is 10.5 Å². The highest BCUT2D eigenvalue weighted by molar-refractivity contribution is 5.92. The van der Waals surface area contributed by atoms with Crippen LogP contribution in [0.1, 0.15) is 23.9 Å². The number of rotatable bonds is 6. The molecule has 2 rings (SSSR count). The summed E-state index contributed by atoms with van der Waals surface area (Å²) < 4.78 is 4.91. The summed E-state index contributed by atoms with van der Waals surface area (Å²) in [6.45, 7) is 3.43. The molecule has 0 aliphatic heterocycles. The van der Waals surface area contributed by atoms with E-state index in [-0.39, 0.29) is 12.3 Å². The van der Waals surface area contributed by atoms with E-state index in [1.807, 2.05) is 12.1 Å². The average Bonchev–Trinajstić information content (AvgIpc) is 2.86. The number of carbonyl (C=O) groups excluding carboxylic acids is 1. The fourth-order valence-corrected chi connectivity index (χ4v) is 2.04. The Bertz CT molecular complexity index is 661. The lowest BCUT2D eigenvalue weighted by Crippen LogP contribution is -2.15. The number of carbonyl (C=O) groups is 2. The first kappa shape index (κ1) is 15.8. The van der Waals surface area contributed by atoms with Crippen molar-refractivity contribution in [3.05, 3.63) is 47.3 Å². The van der Waals surface area contributed by atoms with Gasteiger partial charge in [0, 0.05) is 11.8 Å². The number of hydrogen-bond acceptors (Lipinski definition) is 4. The zero-order valence-corrected chi connectivity index (χ0v) is 12.5. The van der Waals surface area contributed by atoms with Crippen LogP contribution in [0.2, 0.25) is 0 Å². The minimum Gasteiger partial charge on any atom is -0.481 e. The number of carboxylic acids is 1. The van der Waals surface area contributed by atoms with Crippen molar-refractivity contribution in [1.29, 1.82) is 0 Å². The molecule has 22 heavy (non-hydrogen) atoms. The molecular weight excluding hydrogens is 284 g/mol. The summed E-state index contributed by atoms with van der Waals surface area (Å²) in [5.74, 6) is -0.768. The number of amides is 1. The van der Waals surface area contributed by atoms with Gasteiger partial charge < -0.3 is 14.9 Å². The third-order valence-corrected chi connectivity index (χ3v) is 3.22. The molecule has 1 aromatic heterocycles. The average molecular weight is 302 g/mol. The van der Waals surface area contributed by atoms with Crippen LogP contribution < -0.4 is 5.32 Å². The molecule has 1 atom stereocenters. The Morgan fingerprint density at radius 2 is 2.00 bits per heavy atom. The lowest BCUT2D eigenvalue weighted by atomic mass is 10.0. The first-order chi connectivity index (χ1) is 10.4. The molecule has 2 aromatic rings. The van der Waals surface area contributed by atoms with Gasteiger partial charge in [-0.2, -0.15) is 0 Å². The molecule has 0 unspecified atom stereocenters. The van der Waals surface area contributed by atoms with E-state index in [0.29, 0.717) is 23.6 Å². The maximum Gasteiger partial charge on any atom is 0.306 e. The van der Waals surface area contributed by atoms with Gasteiger partial charge in [0.2, 0.25) is 5.91 Å². The van der Waals surface area contributed by atoms with E-state index >= 15 is 0 Å². The number of benzene rings is 1. The number of aliphatic carboxylic acids is 1. The lowest BCUT2D eigenvalue weighted by molar-refractivity contribution is -0.141. The monoisotopic (exact) mass is 302 g/mol. The second kappa shape index (κ2) is 6.89.